The summed E-state index contributed by atoms with van der Waals surface area (Å²) in [5.74, 6) is -2.17. The van der Waals surface area contributed by atoms with Gasteiger partial charge < -0.3 is 15.0 Å². The Kier molecular flexibility index (Phi) is 7.19. The number of nitrogens with one attached hydrogen (secondary N) is 1. The fraction of sp³-hybridized carbons (Fsp3) is 0.480. The maximum Gasteiger partial charge on any atom is 0.254 e. The highest BCUT2D eigenvalue weighted by Crippen LogP contribution is 2.34. The second-order valence-corrected chi connectivity index (χ2v) is 9.76. The van der Waals surface area contributed by atoms with Crippen LogP contribution in [0.3, 0.4) is 0 Å². The summed E-state index contributed by atoms with van der Waals surface area (Å²) in [7, 11) is 0. The second kappa shape index (κ2) is 9.96. The third-order valence-corrected chi connectivity index (χ3v) is 6.92. The Morgan fingerprint density at radius 3 is 2.56 bits per heavy atom. The van der Waals surface area contributed by atoms with Crippen LogP contribution in [0, 0.1) is 17.6 Å². The van der Waals surface area contributed by atoms with Crippen molar-refractivity contribution in [2.45, 2.75) is 57.7 Å². The zero-order valence-electron chi connectivity index (χ0n) is 19.4. The molecule has 2 aliphatic heterocycles. The molecule has 0 unspecified atom stereocenters. The molecular weight excluding hydrogens is 464 g/mol. The van der Waals surface area contributed by atoms with Crippen molar-refractivity contribution < 1.29 is 23.1 Å². The molecule has 1 N–H and O–H groups in total. The number of nitrogens with zero attached hydrogens (tertiary/aromatic N) is 2. The van der Waals surface area contributed by atoms with Gasteiger partial charge in [-0.3, -0.25) is 14.6 Å². The van der Waals surface area contributed by atoms with Crippen LogP contribution in [0.15, 0.2) is 30.5 Å². The number of pyridine rings is 1. The van der Waals surface area contributed by atoms with Crippen molar-refractivity contribution in [3.8, 4) is 0 Å². The predicted octanol–water partition coefficient (Wildman–Crippen LogP) is 4.63. The average molecular weight is 492 g/mol. The Bertz CT molecular complexity index is 1090. The lowest BCUT2D eigenvalue weighted by Crippen LogP contribution is -2.51. The molecule has 2 saturated heterocycles. The van der Waals surface area contributed by atoms with Crippen molar-refractivity contribution in [2.24, 2.45) is 5.92 Å². The van der Waals surface area contributed by atoms with Gasteiger partial charge in [0.25, 0.3) is 5.91 Å². The van der Waals surface area contributed by atoms with Crippen LogP contribution in [0.4, 0.5) is 8.78 Å². The molecular formula is C25H28ClF2N3O3. The van der Waals surface area contributed by atoms with Crippen LogP contribution in [0.2, 0.25) is 5.02 Å². The number of rotatable bonds is 6. The number of halogens is 3. The van der Waals surface area contributed by atoms with Crippen molar-refractivity contribution in [2.75, 3.05) is 13.2 Å². The minimum Gasteiger partial charge on any atom is -0.381 e. The zero-order valence-corrected chi connectivity index (χ0v) is 20.1. The number of hydrogen-bond acceptors (Lipinski definition) is 4. The highest BCUT2D eigenvalue weighted by Gasteiger charge is 2.41. The second-order valence-electron chi connectivity index (χ2n) is 9.35. The van der Waals surface area contributed by atoms with E-state index in [1.54, 1.807) is 23.2 Å². The molecule has 2 aromatic rings. The zero-order chi connectivity index (χ0) is 24.6. The lowest BCUT2D eigenvalue weighted by Gasteiger charge is -2.36. The Balaban J connectivity index is 1.58. The van der Waals surface area contributed by atoms with Crippen molar-refractivity contribution in [1.29, 1.82) is 0 Å². The Morgan fingerprint density at radius 1 is 1.18 bits per heavy atom. The molecule has 4 rings (SSSR count). The minimum absolute atomic E-state index is 0.0168. The molecule has 3 atom stereocenters. The summed E-state index contributed by atoms with van der Waals surface area (Å²) in [6, 6.07) is 3.67. The highest BCUT2D eigenvalue weighted by atomic mass is 35.5. The van der Waals surface area contributed by atoms with Crippen LogP contribution in [0.5, 0.6) is 0 Å². The summed E-state index contributed by atoms with van der Waals surface area (Å²) in [5, 5.41) is 2.55. The summed E-state index contributed by atoms with van der Waals surface area (Å²) in [6.45, 7) is 6.52. The first-order valence-electron chi connectivity index (χ1n) is 11.5. The molecule has 3 heterocycles. The monoisotopic (exact) mass is 491 g/mol. The van der Waals surface area contributed by atoms with E-state index in [4.69, 9.17) is 16.3 Å². The third kappa shape index (κ3) is 4.79. The molecule has 182 valence electrons. The summed E-state index contributed by atoms with van der Waals surface area (Å²) in [4.78, 5) is 32.7. The molecule has 0 radical (unpaired) electrons. The van der Waals surface area contributed by atoms with Crippen LogP contribution in [-0.2, 0) is 9.53 Å². The first kappa shape index (κ1) is 24.5. The minimum atomic E-state index is -0.797. The topological polar surface area (TPSA) is 71.5 Å². The van der Waals surface area contributed by atoms with Gasteiger partial charge in [-0.05, 0) is 49.9 Å². The molecule has 0 aliphatic carbocycles. The molecule has 1 aromatic heterocycles. The fourth-order valence-corrected chi connectivity index (χ4v) is 4.70. The average Bonchev–Trinajstić information content (AvgIpc) is 3.15. The smallest absolute Gasteiger partial charge is 0.254 e. The van der Waals surface area contributed by atoms with Crippen LogP contribution in [-0.4, -0.2) is 47.0 Å². The lowest BCUT2D eigenvalue weighted by atomic mass is 9.90. The van der Waals surface area contributed by atoms with Crippen molar-refractivity contribution in [3.05, 3.63) is 63.9 Å². The van der Waals surface area contributed by atoms with Crippen LogP contribution < -0.4 is 5.32 Å². The van der Waals surface area contributed by atoms with Crippen LogP contribution >= 0.6 is 11.6 Å². The Morgan fingerprint density at radius 2 is 1.91 bits per heavy atom. The maximum atomic E-state index is 14.7. The lowest BCUT2D eigenvalue weighted by molar-refractivity contribution is -0.128. The highest BCUT2D eigenvalue weighted by molar-refractivity contribution is 6.30. The van der Waals surface area contributed by atoms with E-state index in [-0.39, 0.29) is 34.4 Å². The van der Waals surface area contributed by atoms with Gasteiger partial charge in [0.1, 0.15) is 17.7 Å². The summed E-state index contributed by atoms with van der Waals surface area (Å²) in [6.07, 6.45) is 2.74. The number of hydrogen-bond donors (Lipinski definition) is 1. The Hall–Kier alpha value is -2.58. The van der Waals surface area contributed by atoms with E-state index in [0.717, 1.165) is 17.8 Å². The van der Waals surface area contributed by atoms with Gasteiger partial charge in [0, 0.05) is 35.0 Å². The fourth-order valence-electron chi connectivity index (χ4n) is 4.55. The van der Waals surface area contributed by atoms with Gasteiger partial charge >= 0.3 is 0 Å². The third-order valence-electron chi connectivity index (χ3n) is 6.63. The molecule has 2 aliphatic rings. The number of likely N-dealkylation sites (tertiary alicyclic amines) is 1. The van der Waals surface area contributed by atoms with E-state index < -0.39 is 29.6 Å². The van der Waals surface area contributed by atoms with Crippen molar-refractivity contribution in [1.82, 2.24) is 15.2 Å². The van der Waals surface area contributed by atoms with Gasteiger partial charge in [-0.2, -0.15) is 0 Å². The number of aromatic nitrogens is 1. The summed E-state index contributed by atoms with van der Waals surface area (Å²) >= 11 is 5.71. The maximum absolute atomic E-state index is 14.7. The van der Waals surface area contributed by atoms with E-state index in [1.165, 1.54) is 0 Å². The van der Waals surface area contributed by atoms with Gasteiger partial charge in [0.15, 0.2) is 0 Å². The molecule has 6 nitrogen and oxygen atoms in total. The molecule has 1 aromatic carbocycles. The standard InChI is InChI=1S/C25H28ClF2N3O3/c1-13(2)21-8-15(6-7-29-21)25(33)31-14(3)4-5-22(31)24(32)30-23(16-11-34-12-16)17-9-20(28)18(26)10-19(17)27/h6-10,13-14,16,22-23H,4-5,11-12H2,1-3H3,(H,30,32)/t14-,22-,23-/m1/s1. The summed E-state index contributed by atoms with van der Waals surface area (Å²) < 4.78 is 34.1. The van der Waals surface area contributed by atoms with E-state index in [2.05, 4.69) is 10.3 Å². The quantitative estimate of drug-likeness (QED) is 0.598. The number of benzene rings is 1. The van der Waals surface area contributed by atoms with E-state index in [0.29, 0.717) is 31.6 Å². The molecule has 34 heavy (non-hydrogen) atoms. The number of ether oxygens (including phenoxy) is 1. The Labute approximate surface area is 202 Å². The molecule has 0 spiro atoms. The van der Waals surface area contributed by atoms with Gasteiger partial charge in [0.2, 0.25) is 5.91 Å². The molecule has 2 fully saturated rings. The largest absolute Gasteiger partial charge is 0.381 e. The van der Waals surface area contributed by atoms with E-state index in [9.17, 15) is 18.4 Å². The predicted molar refractivity (Wildman–Crippen MR) is 124 cm³/mol. The van der Waals surface area contributed by atoms with E-state index in [1.807, 2.05) is 20.8 Å². The number of amides is 2. The van der Waals surface area contributed by atoms with Crippen molar-refractivity contribution in [3.63, 3.8) is 0 Å². The first-order chi connectivity index (χ1) is 16.2. The summed E-state index contributed by atoms with van der Waals surface area (Å²) in [5.41, 5.74) is 1.28. The number of carbonyl (C=O) groups is 2. The van der Waals surface area contributed by atoms with Crippen LogP contribution in [0.25, 0.3) is 0 Å². The van der Waals surface area contributed by atoms with Gasteiger partial charge in [-0.25, -0.2) is 8.78 Å². The number of carbonyl (C=O) groups excluding carboxylic acids is 2. The molecule has 9 heteroatoms. The first-order valence-corrected chi connectivity index (χ1v) is 11.9. The van der Waals surface area contributed by atoms with Crippen molar-refractivity contribution >= 4 is 23.4 Å². The molecule has 0 saturated carbocycles. The van der Waals surface area contributed by atoms with Crippen LogP contribution in [0.1, 0.15) is 67.2 Å². The van der Waals surface area contributed by atoms with Gasteiger partial charge in [-0.1, -0.05) is 25.4 Å². The normalized spacial score (nSPS) is 21.4. The molecule has 0 bridgehead atoms. The SMILES string of the molecule is CC(C)c1cc(C(=O)N2[C@H](C)CC[C@@H]2C(=O)N[C@@H](c2cc(F)c(Cl)cc2F)C2COC2)ccn1. The molecule has 2 amide bonds. The van der Waals surface area contributed by atoms with E-state index >= 15 is 0 Å². The van der Waals surface area contributed by atoms with Gasteiger partial charge in [-0.15, -0.1) is 0 Å². The van der Waals surface area contributed by atoms with Gasteiger partial charge in [0.05, 0.1) is 24.3 Å².